The van der Waals surface area contributed by atoms with Crippen LogP contribution in [-0.4, -0.2) is 50.6 Å². The third kappa shape index (κ3) is 9.46. The average Bonchev–Trinajstić information content (AvgIpc) is 3.75. The number of hydrogen-bond acceptors (Lipinski definition) is 5. The summed E-state index contributed by atoms with van der Waals surface area (Å²) in [6.07, 6.45) is -0.629. The van der Waals surface area contributed by atoms with Gasteiger partial charge in [0.1, 0.15) is 17.5 Å². The van der Waals surface area contributed by atoms with E-state index in [1.165, 1.54) is 13.2 Å². The fraction of sp³-hybridized carbons (Fsp3) is 0.594. The zero-order chi connectivity index (χ0) is 29.8. The number of aliphatic carboxylic acids is 1. The molecule has 2 atom stereocenters. The molecule has 2 aliphatic rings. The summed E-state index contributed by atoms with van der Waals surface area (Å²) in [5.74, 6) is 1.17. The van der Waals surface area contributed by atoms with E-state index in [1.807, 2.05) is 49.9 Å². The zero-order valence-electron chi connectivity index (χ0n) is 25.0. The van der Waals surface area contributed by atoms with Gasteiger partial charge in [0, 0.05) is 37.0 Å². The van der Waals surface area contributed by atoms with Crippen LogP contribution >= 0.6 is 13.5 Å². The number of methoxy groups -OCH3 is 1. The Morgan fingerprint density at radius 3 is 2.31 bits per heavy atom. The second kappa shape index (κ2) is 14.3. The van der Waals surface area contributed by atoms with Gasteiger partial charge in [-0.2, -0.15) is 26.7 Å². The predicted molar refractivity (Wildman–Crippen MR) is 164 cm³/mol. The lowest BCUT2D eigenvalue weighted by molar-refractivity contribution is -0.158. The van der Waals surface area contributed by atoms with Gasteiger partial charge in [0.05, 0.1) is 20.1 Å². The number of alkyl halides is 3. The summed E-state index contributed by atoms with van der Waals surface area (Å²) in [5, 5.41) is 12.1. The van der Waals surface area contributed by atoms with Gasteiger partial charge in [0.25, 0.3) is 0 Å². The Bertz CT molecular complexity index is 1180. The van der Waals surface area contributed by atoms with E-state index < -0.39 is 18.2 Å². The molecule has 6 nitrogen and oxygen atoms in total. The first kappa shape index (κ1) is 33.9. The van der Waals surface area contributed by atoms with Crippen LogP contribution in [-0.2, 0) is 4.79 Å². The molecule has 1 saturated heterocycles. The molecule has 1 saturated carbocycles. The van der Waals surface area contributed by atoms with Crippen LogP contribution in [0.2, 0.25) is 0 Å². The summed E-state index contributed by atoms with van der Waals surface area (Å²) >= 11 is 0. The van der Waals surface area contributed by atoms with Crippen LogP contribution in [0.4, 0.5) is 18.9 Å². The van der Waals surface area contributed by atoms with Gasteiger partial charge in [0.2, 0.25) is 0 Å². The van der Waals surface area contributed by atoms with Gasteiger partial charge in [-0.05, 0) is 72.6 Å². The van der Waals surface area contributed by atoms with Crippen molar-refractivity contribution in [3.05, 3.63) is 53.6 Å². The lowest BCUT2D eigenvalue weighted by Gasteiger charge is -2.37. The number of ether oxygens (including phenoxy) is 2. The Balaban J connectivity index is 0.00000484. The van der Waals surface area contributed by atoms with Gasteiger partial charge in [-0.15, -0.1) is 0 Å². The van der Waals surface area contributed by atoms with Crippen molar-refractivity contribution in [1.82, 2.24) is 5.32 Å². The molecule has 42 heavy (non-hydrogen) atoms. The Labute approximate surface area is 254 Å². The first-order valence-corrected chi connectivity index (χ1v) is 14.5. The standard InChI is InChI=1S/C32H43F3N2O4.H2S/c1-31(2,3)20-36-30(32(33,34)35)26-11-10-24(40-4)17-28(26)37-14-12-21(13-15-37)19-41-25-7-5-6-23(16-25)27(18-29(38)39)22-8-9-22;/h5-7,10-11,16-17,21-22,27,30,36H,8-9,12-15,18-20H2,1-4H3,(H,38,39);1H2/t27-,30?;/m0./s1. The van der Waals surface area contributed by atoms with Crippen LogP contribution < -0.4 is 19.7 Å². The Morgan fingerprint density at radius 2 is 1.74 bits per heavy atom. The third-order valence-corrected chi connectivity index (χ3v) is 8.03. The number of piperidine rings is 1. The SMILES string of the molecule is COc1ccc(C(NCC(C)(C)C)C(F)(F)F)c(N2CCC(COc3cccc([C@@H](CC(=O)O)C4CC4)c3)CC2)c1.S. The van der Waals surface area contributed by atoms with E-state index in [9.17, 15) is 23.1 Å². The summed E-state index contributed by atoms with van der Waals surface area (Å²) in [5.41, 5.74) is 1.46. The van der Waals surface area contributed by atoms with Crippen LogP contribution in [0.1, 0.15) is 76.0 Å². The van der Waals surface area contributed by atoms with Crippen molar-refractivity contribution >= 4 is 25.2 Å². The van der Waals surface area contributed by atoms with Crippen LogP contribution in [0.15, 0.2) is 42.5 Å². The highest BCUT2D eigenvalue weighted by molar-refractivity contribution is 7.59. The van der Waals surface area contributed by atoms with E-state index in [0.29, 0.717) is 37.1 Å². The molecule has 1 aliphatic heterocycles. The number of nitrogens with one attached hydrogen (secondary N) is 1. The van der Waals surface area contributed by atoms with Crippen molar-refractivity contribution in [2.75, 3.05) is 38.3 Å². The van der Waals surface area contributed by atoms with Crippen LogP contribution in [0.5, 0.6) is 11.5 Å². The topological polar surface area (TPSA) is 71.0 Å². The molecule has 0 bridgehead atoms. The van der Waals surface area contributed by atoms with Gasteiger partial charge in [-0.25, -0.2) is 0 Å². The second-order valence-electron chi connectivity index (χ2n) is 12.7. The largest absolute Gasteiger partial charge is 0.497 e. The smallest absolute Gasteiger partial charge is 0.407 e. The van der Waals surface area contributed by atoms with Crippen molar-refractivity contribution in [3.63, 3.8) is 0 Å². The van der Waals surface area contributed by atoms with Gasteiger partial charge >= 0.3 is 12.1 Å². The van der Waals surface area contributed by atoms with E-state index in [-0.39, 0.29) is 49.3 Å². The van der Waals surface area contributed by atoms with Crippen LogP contribution in [0.25, 0.3) is 0 Å². The highest BCUT2D eigenvalue weighted by atomic mass is 32.1. The van der Waals surface area contributed by atoms with Crippen LogP contribution in [0, 0.1) is 17.3 Å². The van der Waals surface area contributed by atoms with Crippen molar-refractivity contribution in [2.45, 2.75) is 71.0 Å². The number of carboxylic acids is 1. The summed E-state index contributed by atoms with van der Waals surface area (Å²) < 4.78 is 54.3. The first-order valence-electron chi connectivity index (χ1n) is 14.5. The fourth-order valence-corrected chi connectivity index (χ4v) is 5.61. The molecule has 234 valence electrons. The van der Waals surface area contributed by atoms with E-state index >= 15 is 0 Å². The normalized spacial score (nSPS) is 17.7. The minimum atomic E-state index is -4.45. The van der Waals surface area contributed by atoms with Crippen molar-refractivity contribution in [2.24, 2.45) is 17.3 Å². The molecule has 10 heteroatoms. The Kier molecular flexibility index (Phi) is 11.5. The lowest BCUT2D eigenvalue weighted by atomic mass is 9.91. The van der Waals surface area contributed by atoms with Crippen molar-refractivity contribution < 1.29 is 32.5 Å². The maximum Gasteiger partial charge on any atom is 0.407 e. The van der Waals surface area contributed by atoms with Crippen LogP contribution in [0.3, 0.4) is 0 Å². The zero-order valence-corrected chi connectivity index (χ0v) is 26.0. The van der Waals surface area contributed by atoms with Gasteiger partial charge in [0.15, 0.2) is 0 Å². The molecule has 2 fully saturated rings. The fourth-order valence-electron chi connectivity index (χ4n) is 5.61. The molecule has 1 unspecified atom stereocenters. The molecule has 0 spiro atoms. The molecule has 4 rings (SSSR count). The predicted octanol–water partition coefficient (Wildman–Crippen LogP) is 7.31. The molecule has 2 aromatic rings. The monoisotopic (exact) mass is 610 g/mol. The number of carbonyl (C=O) groups is 1. The van der Waals surface area contributed by atoms with Crippen molar-refractivity contribution in [3.8, 4) is 11.5 Å². The summed E-state index contributed by atoms with van der Waals surface area (Å²) in [6.45, 7) is 7.68. The number of rotatable bonds is 12. The molecule has 1 aliphatic carbocycles. The number of carboxylic acid groups (broad SMARTS) is 1. The summed E-state index contributed by atoms with van der Waals surface area (Å²) in [6, 6.07) is 10.8. The third-order valence-electron chi connectivity index (χ3n) is 8.03. The molecular weight excluding hydrogens is 565 g/mol. The van der Waals surface area contributed by atoms with Crippen molar-refractivity contribution in [1.29, 1.82) is 0 Å². The quantitative estimate of drug-likeness (QED) is 0.263. The maximum atomic E-state index is 14.3. The van der Waals surface area contributed by atoms with E-state index in [4.69, 9.17) is 9.47 Å². The molecule has 2 aromatic carbocycles. The van der Waals surface area contributed by atoms with Gasteiger partial charge < -0.3 is 24.8 Å². The number of hydrogen-bond donors (Lipinski definition) is 2. The molecule has 0 amide bonds. The molecule has 0 aromatic heterocycles. The highest BCUT2D eigenvalue weighted by Crippen LogP contribution is 2.45. The number of nitrogens with zero attached hydrogens (tertiary/aromatic N) is 1. The maximum absolute atomic E-state index is 14.3. The molecular formula is C32H45F3N2O4S. The number of benzene rings is 2. The molecule has 1 heterocycles. The molecule has 2 N–H and O–H groups in total. The number of anilines is 1. The van der Waals surface area contributed by atoms with Gasteiger partial charge in [-0.3, -0.25) is 4.79 Å². The average molecular weight is 611 g/mol. The van der Waals surface area contributed by atoms with E-state index in [2.05, 4.69) is 5.32 Å². The lowest BCUT2D eigenvalue weighted by Crippen LogP contribution is -2.41. The second-order valence-corrected chi connectivity index (χ2v) is 12.7. The number of halogens is 3. The summed E-state index contributed by atoms with van der Waals surface area (Å²) in [7, 11) is 1.52. The highest BCUT2D eigenvalue weighted by Gasteiger charge is 2.43. The van der Waals surface area contributed by atoms with E-state index in [1.54, 1.807) is 12.1 Å². The first-order chi connectivity index (χ1) is 19.3. The minimum Gasteiger partial charge on any atom is -0.497 e. The Hall–Kier alpha value is -2.59. The molecule has 0 radical (unpaired) electrons. The summed E-state index contributed by atoms with van der Waals surface area (Å²) in [4.78, 5) is 13.4. The van der Waals surface area contributed by atoms with E-state index in [0.717, 1.165) is 37.0 Å². The van der Waals surface area contributed by atoms with Gasteiger partial charge in [-0.1, -0.05) is 39.0 Å². The Morgan fingerprint density at radius 1 is 1.05 bits per heavy atom. The minimum absolute atomic E-state index is 0.